The second-order valence-corrected chi connectivity index (χ2v) is 8.63. The molecule has 0 aliphatic carbocycles. The summed E-state index contributed by atoms with van der Waals surface area (Å²) in [6, 6.07) is 2.46. The van der Waals surface area contributed by atoms with E-state index in [-0.39, 0.29) is 27.7 Å². The van der Waals surface area contributed by atoms with Gasteiger partial charge in [-0.3, -0.25) is 14.9 Å². The van der Waals surface area contributed by atoms with E-state index in [0.29, 0.717) is 38.4 Å². The number of hydrogen-bond acceptors (Lipinski definition) is 6. The Morgan fingerprint density at radius 1 is 1.36 bits per heavy atom. The Bertz CT molecular complexity index is 822. The van der Waals surface area contributed by atoms with Crippen LogP contribution in [0, 0.1) is 10.1 Å². The van der Waals surface area contributed by atoms with E-state index in [2.05, 4.69) is 15.9 Å². The van der Waals surface area contributed by atoms with Gasteiger partial charge in [-0.15, -0.1) is 0 Å². The number of amides is 2. The van der Waals surface area contributed by atoms with Gasteiger partial charge in [0.15, 0.2) is 0 Å². The SMILES string of the molecule is CC(C)(C)OC(=O)N1CCN2C(=O)c3cc([N+](=O)[O-])c(Br)cc3OCC[C@@H]2C1. The molecule has 10 heteroatoms. The van der Waals surface area contributed by atoms with Crippen LogP contribution in [-0.2, 0) is 4.74 Å². The molecule has 3 rings (SSSR count). The van der Waals surface area contributed by atoms with Crippen LogP contribution in [0.25, 0.3) is 0 Å². The molecule has 0 unspecified atom stereocenters. The largest absolute Gasteiger partial charge is 0.493 e. The van der Waals surface area contributed by atoms with E-state index >= 15 is 0 Å². The average molecular weight is 456 g/mol. The molecule has 9 nitrogen and oxygen atoms in total. The molecule has 2 amide bonds. The number of rotatable bonds is 1. The fraction of sp³-hybridized carbons (Fsp3) is 0.556. The number of fused-ring (bicyclic) bond motifs is 2. The number of nitro benzene ring substituents is 1. The van der Waals surface area contributed by atoms with E-state index in [4.69, 9.17) is 9.47 Å². The Kier molecular flexibility index (Phi) is 5.51. The summed E-state index contributed by atoms with van der Waals surface area (Å²) in [6.07, 6.45) is 0.126. The standard InChI is InChI=1S/C18H22BrN3O6/c1-18(2,3)28-17(24)20-5-6-21-11(10-20)4-7-27-15-9-13(19)14(22(25)26)8-12(15)16(21)23/h8-9,11H,4-7,10H2,1-3H3/t11-/m1/s1. The highest BCUT2D eigenvalue weighted by molar-refractivity contribution is 9.10. The van der Waals surface area contributed by atoms with Gasteiger partial charge in [0.25, 0.3) is 11.6 Å². The maximum Gasteiger partial charge on any atom is 0.410 e. The number of piperazine rings is 1. The minimum absolute atomic E-state index is 0.158. The summed E-state index contributed by atoms with van der Waals surface area (Å²) in [6.45, 7) is 6.73. The smallest absolute Gasteiger partial charge is 0.410 e. The molecule has 1 fully saturated rings. The molecule has 2 aliphatic heterocycles. The lowest BCUT2D eigenvalue weighted by Gasteiger charge is -2.42. The molecule has 0 N–H and O–H groups in total. The molecular formula is C18H22BrN3O6. The molecule has 28 heavy (non-hydrogen) atoms. The van der Waals surface area contributed by atoms with E-state index in [1.165, 1.54) is 12.1 Å². The Morgan fingerprint density at radius 2 is 2.07 bits per heavy atom. The summed E-state index contributed by atoms with van der Waals surface area (Å²) in [7, 11) is 0. The summed E-state index contributed by atoms with van der Waals surface area (Å²) in [5.41, 5.74) is -0.634. The van der Waals surface area contributed by atoms with Crippen molar-refractivity contribution in [1.82, 2.24) is 9.80 Å². The van der Waals surface area contributed by atoms with E-state index < -0.39 is 16.6 Å². The molecule has 2 aliphatic rings. The van der Waals surface area contributed by atoms with Crippen molar-refractivity contribution in [3.63, 3.8) is 0 Å². The molecule has 0 aromatic heterocycles. The zero-order chi connectivity index (χ0) is 20.6. The molecule has 0 radical (unpaired) electrons. The van der Waals surface area contributed by atoms with Crippen LogP contribution in [0.15, 0.2) is 16.6 Å². The van der Waals surface area contributed by atoms with Crippen LogP contribution in [0.5, 0.6) is 5.75 Å². The lowest BCUT2D eigenvalue weighted by molar-refractivity contribution is -0.385. The third-order valence-electron chi connectivity index (χ3n) is 4.58. The Hall–Kier alpha value is -2.36. The van der Waals surface area contributed by atoms with Gasteiger partial charge in [0.05, 0.1) is 27.6 Å². The quantitative estimate of drug-likeness (QED) is 0.475. The first-order chi connectivity index (χ1) is 13.1. The van der Waals surface area contributed by atoms with Gasteiger partial charge in [0, 0.05) is 38.2 Å². The number of nitrogens with zero attached hydrogens (tertiary/aromatic N) is 3. The molecule has 1 saturated heterocycles. The molecule has 0 saturated carbocycles. The molecule has 2 heterocycles. The fourth-order valence-electron chi connectivity index (χ4n) is 3.29. The van der Waals surface area contributed by atoms with Crippen LogP contribution in [0.1, 0.15) is 37.6 Å². The van der Waals surface area contributed by atoms with Gasteiger partial charge in [-0.2, -0.15) is 0 Å². The monoisotopic (exact) mass is 455 g/mol. The van der Waals surface area contributed by atoms with Crippen LogP contribution in [0.3, 0.4) is 0 Å². The van der Waals surface area contributed by atoms with Crippen molar-refractivity contribution in [2.75, 3.05) is 26.2 Å². The average Bonchev–Trinajstić information content (AvgIpc) is 2.58. The summed E-state index contributed by atoms with van der Waals surface area (Å²) >= 11 is 3.15. The van der Waals surface area contributed by atoms with Gasteiger partial charge < -0.3 is 19.3 Å². The minimum atomic E-state index is -0.598. The molecule has 0 bridgehead atoms. The van der Waals surface area contributed by atoms with Gasteiger partial charge in [-0.25, -0.2) is 4.79 Å². The van der Waals surface area contributed by atoms with Gasteiger partial charge >= 0.3 is 6.09 Å². The topological polar surface area (TPSA) is 102 Å². The molecule has 152 valence electrons. The van der Waals surface area contributed by atoms with Crippen LogP contribution in [-0.4, -0.2) is 64.6 Å². The van der Waals surface area contributed by atoms with Gasteiger partial charge in [0.2, 0.25) is 0 Å². The summed E-state index contributed by atoms with van der Waals surface area (Å²) < 4.78 is 11.4. The number of benzene rings is 1. The second kappa shape index (κ2) is 7.57. The lowest BCUT2D eigenvalue weighted by Crippen LogP contribution is -2.58. The van der Waals surface area contributed by atoms with Crippen LogP contribution in [0.4, 0.5) is 10.5 Å². The first kappa shape index (κ1) is 20.4. The predicted molar refractivity (Wildman–Crippen MR) is 104 cm³/mol. The molecule has 0 spiro atoms. The molecular weight excluding hydrogens is 434 g/mol. The molecule has 1 aromatic rings. The third kappa shape index (κ3) is 4.21. The van der Waals surface area contributed by atoms with Gasteiger partial charge in [-0.1, -0.05) is 0 Å². The van der Waals surface area contributed by atoms with Crippen molar-refractivity contribution >= 4 is 33.6 Å². The zero-order valence-electron chi connectivity index (χ0n) is 15.9. The van der Waals surface area contributed by atoms with Gasteiger partial charge in [-0.05, 0) is 36.7 Å². The van der Waals surface area contributed by atoms with E-state index in [1.807, 2.05) is 0 Å². The van der Waals surface area contributed by atoms with Crippen molar-refractivity contribution in [3.8, 4) is 5.75 Å². The highest BCUT2D eigenvalue weighted by Crippen LogP contribution is 2.35. The number of ether oxygens (including phenoxy) is 2. The number of carbonyl (C=O) groups is 2. The summed E-state index contributed by atoms with van der Waals surface area (Å²) in [4.78, 5) is 39.4. The minimum Gasteiger partial charge on any atom is -0.493 e. The van der Waals surface area contributed by atoms with Crippen LogP contribution in [0.2, 0.25) is 0 Å². The summed E-state index contributed by atoms with van der Waals surface area (Å²) in [5, 5.41) is 11.2. The third-order valence-corrected chi connectivity index (χ3v) is 5.22. The highest BCUT2D eigenvalue weighted by atomic mass is 79.9. The Labute approximate surface area is 170 Å². The van der Waals surface area contributed by atoms with Gasteiger partial charge in [0.1, 0.15) is 11.4 Å². The predicted octanol–water partition coefficient (Wildman–Crippen LogP) is 3.20. The highest BCUT2D eigenvalue weighted by Gasteiger charge is 2.37. The van der Waals surface area contributed by atoms with Crippen LogP contribution < -0.4 is 4.74 Å². The first-order valence-corrected chi connectivity index (χ1v) is 9.76. The molecule has 1 atom stereocenters. The normalized spacial score (nSPS) is 19.7. The summed E-state index contributed by atoms with van der Waals surface area (Å²) in [5.74, 6) is -0.0189. The second-order valence-electron chi connectivity index (χ2n) is 7.77. The lowest BCUT2D eigenvalue weighted by atomic mass is 10.0. The van der Waals surface area contributed by atoms with Crippen molar-refractivity contribution in [3.05, 3.63) is 32.3 Å². The molecule has 1 aromatic carbocycles. The van der Waals surface area contributed by atoms with E-state index in [0.717, 1.165) is 0 Å². The Balaban J connectivity index is 1.84. The van der Waals surface area contributed by atoms with E-state index in [1.54, 1.807) is 30.6 Å². The fourth-order valence-corrected chi connectivity index (χ4v) is 3.76. The number of hydrogen-bond donors (Lipinski definition) is 0. The van der Waals surface area contributed by atoms with Crippen molar-refractivity contribution < 1.29 is 24.0 Å². The Morgan fingerprint density at radius 3 is 2.71 bits per heavy atom. The van der Waals surface area contributed by atoms with Crippen molar-refractivity contribution in [1.29, 1.82) is 0 Å². The maximum atomic E-state index is 13.1. The van der Waals surface area contributed by atoms with E-state index in [9.17, 15) is 19.7 Å². The van der Waals surface area contributed by atoms with Crippen molar-refractivity contribution in [2.45, 2.75) is 38.8 Å². The zero-order valence-corrected chi connectivity index (χ0v) is 17.5. The van der Waals surface area contributed by atoms with Crippen LogP contribution >= 0.6 is 15.9 Å². The van der Waals surface area contributed by atoms with Crippen molar-refractivity contribution in [2.24, 2.45) is 0 Å². The maximum absolute atomic E-state index is 13.1. The number of carbonyl (C=O) groups excluding carboxylic acids is 2. The number of nitro groups is 1. The first-order valence-electron chi connectivity index (χ1n) is 8.96. The number of halogens is 1.